The van der Waals surface area contributed by atoms with Gasteiger partial charge in [-0.2, -0.15) is 4.31 Å². The number of ether oxygens (including phenoxy) is 1. The summed E-state index contributed by atoms with van der Waals surface area (Å²) in [5.41, 5.74) is 8.26. The zero-order valence-corrected chi connectivity index (χ0v) is 17.3. The first-order chi connectivity index (χ1) is 14.1. The summed E-state index contributed by atoms with van der Waals surface area (Å²) in [6.07, 6.45) is 3.38. The number of aromatic nitrogens is 1. The maximum Gasteiger partial charge on any atom is 0.220 e. The predicted molar refractivity (Wildman–Crippen MR) is 111 cm³/mol. The van der Waals surface area contributed by atoms with E-state index < -0.39 is 15.3 Å². The van der Waals surface area contributed by atoms with E-state index in [0.717, 1.165) is 30.9 Å². The summed E-state index contributed by atoms with van der Waals surface area (Å²) in [5.74, 6) is 0.840. The normalized spacial score (nSPS) is 23.9. The largest absolute Gasteiger partial charge is 0.497 e. The molecule has 0 aliphatic carbocycles. The van der Waals surface area contributed by atoms with Gasteiger partial charge in [0, 0.05) is 51.7 Å². The van der Waals surface area contributed by atoms with Crippen LogP contribution in [0.5, 0.6) is 5.75 Å². The number of benzene rings is 1. The van der Waals surface area contributed by atoms with Crippen molar-refractivity contribution in [3.8, 4) is 5.75 Å². The lowest BCUT2D eigenvalue weighted by Gasteiger charge is -2.36. The van der Waals surface area contributed by atoms with Crippen molar-refractivity contribution in [3.05, 3.63) is 59.9 Å². The van der Waals surface area contributed by atoms with Crippen LogP contribution in [-0.4, -0.2) is 67.7 Å². The molecular weight excluding hydrogens is 390 g/mol. The van der Waals surface area contributed by atoms with Crippen molar-refractivity contribution in [2.24, 2.45) is 0 Å². The van der Waals surface area contributed by atoms with Gasteiger partial charge in [-0.25, -0.2) is 13.8 Å². The molecule has 2 aliphatic rings. The Balaban J connectivity index is 1.38. The number of methoxy groups -OCH3 is 1. The van der Waals surface area contributed by atoms with Crippen LogP contribution in [0, 0.1) is 0 Å². The quantitative estimate of drug-likeness (QED) is 0.717. The van der Waals surface area contributed by atoms with Gasteiger partial charge in [0.05, 0.1) is 13.2 Å². The maximum atomic E-state index is 13.3. The SMILES string of the molecule is COc1ccc(CN2CCN(S(=O)(=O)C3CNNC3c3ccncc3)CC2)cc1. The number of rotatable bonds is 6. The lowest BCUT2D eigenvalue weighted by atomic mass is 10.1. The van der Waals surface area contributed by atoms with Gasteiger partial charge in [0.25, 0.3) is 0 Å². The third-order valence-electron chi connectivity index (χ3n) is 5.64. The van der Waals surface area contributed by atoms with Crippen molar-refractivity contribution in [3.63, 3.8) is 0 Å². The molecule has 1 aromatic heterocycles. The minimum Gasteiger partial charge on any atom is -0.497 e. The molecule has 1 aromatic carbocycles. The number of pyridine rings is 1. The Kier molecular flexibility index (Phi) is 6.12. The number of sulfonamides is 1. The van der Waals surface area contributed by atoms with Gasteiger partial charge in [0.1, 0.15) is 11.0 Å². The average molecular weight is 418 g/mol. The second kappa shape index (κ2) is 8.76. The fourth-order valence-corrected chi connectivity index (χ4v) is 5.87. The van der Waals surface area contributed by atoms with E-state index >= 15 is 0 Å². The molecule has 0 bridgehead atoms. The standard InChI is InChI=1S/C20H27N5O3S/c1-28-18-4-2-16(3-5-18)15-24-10-12-25(13-11-24)29(26,27)19-14-22-23-20(19)17-6-8-21-9-7-17/h2-9,19-20,22-23H,10-15H2,1H3. The molecule has 8 nitrogen and oxygen atoms in total. The van der Waals surface area contributed by atoms with E-state index in [4.69, 9.17) is 4.74 Å². The van der Waals surface area contributed by atoms with Crippen LogP contribution in [0.1, 0.15) is 17.2 Å². The summed E-state index contributed by atoms with van der Waals surface area (Å²) in [7, 11) is -1.76. The number of nitrogens with zero attached hydrogens (tertiary/aromatic N) is 3. The topological polar surface area (TPSA) is 86.8 Å². The molecule has 9 heteroatoms. The third-order valence-corrected chi connectivity index (χ3v) is 7.93. The summed E-state index contributed by atoms with van der Waals surface area (Å²) < 4.78 is 33.5. The van der Waals surface area contributed by atoms with Crippen molar-refractivity contribution < 1.29 is 13.2 Å². The zero-order valence-electron chi connectivity index (χ0n) is 16.5. The van der Waals surface area contributed by atoms with Gasteiger partial charge in [-0.05, 0) is 35.4 Å². The van der Waals surface area contributed by atoms with E-state index in [1.54, 1.807) is 23.8 Å². The first-order valence-corrected chi connectivity index (χ1v) is 11.3. The predicted octanol–water partition coefficient (Wildman–Crippen LogP) is 0.755. The van der Waals surface area contributed by atoms with Crippen molar-refractivity contribution in [1.82, 2.24) is 25.0 Å². The molecular formula is C20H27N5O3S. The van der Waals surface area contributed by atoms with Crippen molar-refractivity contribution >= 4 is 10.0 Å². The highest BCUT2D eigenvalue weighted by atomic mass is 32.2. The van der Waals surface area contributed by atoms with E-state index in [1.807, 2.05) is 24.3 Å². The summed E-state index contributed by atoms with van der Waals surface area (Å²) >= 11 is 0. The van der Waals surface area contributed by atoms with E-state index in [2.05, 4.69) is 32.9 Å². The lowest BCUT2D eigenvalue weighted by Crippen LogP contribution is -2.52. The van der Waals surface area contributed by atoms with Crippen LogP contribution in [0.4, 0.5) is 0 Å². The fourth-order valence-electron chi connectivity index (χ4n) is 3.95. The van der Waals surface area contributed by atoms with E-state index in [0.29, 0.717) is 19.6 Å². The molecule has 0 radical (unpaired) electrons. The molecule has 4 rings (SSSR count). The second-order valence-corrected chi connectivity index (χ2v) is 9.54. The van der Waals surface area contributed by atoms with E-state index in [9.17, 15) is 8.42 Å². The monoisotopic (exact) mass is 417 g/mol. The minimum absolute atomic E-state index is 0.277. The van der Waals surface area contributed by atoms with Gasteiger partial charge in [-0.3, -0.25) is 15.3 Å². The first-order valence-electron chi connectivity index (χ1n) is 9.80. The van der Waals surface area contributed by atoms with Crippen molar-refractivity contribution in [1.29, 1.82) is 0 Å². The molecule has 2 atom stereocenters. The molecule has 2 fully saturated rings. The van der Waals surface area contributed by atoms with E-state index in [-0.39, 0.29) is 6.04 Å². The Morgan fingerprint density at radius 1 is 1.07 bits per heavy atom. The number of hydrogen-bond acceptors (Lipinski definition) is 7. The molecule has 2 N–H and O–H groups in total. The Bertz CT molecular complexity index is 899. The van der Waals surface area contributed by atoms with Gasteiger partial charge in [-0.1, -0.05) is 12.1 Å². The number of piperazine rings is 1. The Hall–Kier alpha value is -2.04. The minimum atomic E-state index is -3.42. The van der Waals surface area contributed by atoms with Gasteiger partial charge in [0.15, 0.2) is 0 Å². The smallest absolute Gasteiger partial charge is 0.220 e. The molecule has 0 spiro atoms. The number of nitrogens with one attached hydrogen (secondary N) is 2. The second-order valence-electron chi connectivity index (χ2n) is 7.39. The van der Waals surface area contributed by atoms with Crippen LogP contribution in [0.15, 0.2) is 48.8 Å². The van der Waals surface area contributed by atoms with Gasteiger partial charge in [-0.15, -0.1) is 0 Å². The fraction of sp³-hybridized carbons (Fsp3) is 0.450. The summed E-state index contributed by atoms with van der Waals surface area (Å²) in [4.78, 5) is 6.32. The molecule has 3 heterocycles. The van der Waals surface area contributed by atoms with Crippen molar-refractivity contribution in [2.75, 3.05) is 39.8 Å². The van der Waals surface area contributed by atoms with Crippen LogP contribution < -0.4 is 15.6 Å². The highest BCUT2D eigenvalue weighted by Crippen LogP contribution is 2.27. The van der Waals surface area contributed by atoms with Crippen LogP contribution in [0.25, 0.3) is 0 Å². The van der Waals surface area contributed by atoms with Crippen LogP contribution in [-0.2, 0) is 16.6 Å². The molecule has 156 valence electrons. The van der Waals surface area contributed by atoms with Crippen LogP contribution in [0.2, 0.25) is 0 Å². The molecule has 0 saturated carbocycles. The molecule has 2 unspecified atom stereocenters. The summed E-state index contributed by atoms with van der Waals surface area (Å²) in [6.45, 7) is 3.67. The Morgan fingerprint density at radius 3 is 2.41 bits per heavy atom. The summed E-state index contributed by atoms with van der Waals surface area (Å²) in [6, 6.07) is 11.5. The highest BCUT2D eigenvalue weighted by Gasteiger charge is 2.42. The Labute approximate surface area is 171 Å². The van der Waals surface area contributed by atoms with Gasteiger partial charge < -0.3 is 4.74 Å². The number of hydrazine groups is 1. The Morgan fingerprint density at radius 2 is 1.76 bits per heavy atom. The highest BCUT2D eigenvalue weighted by molar-refractivity contribution is 7.89. The van der Waals surface area contributed by atoms with Gasteiger partial charge in [0.2, 0.25) is 10.0 Å². The molecule has 0 amide bonds. The first kappa shape index (κ1) is 20.2. The molecule has 29 heavy (non-hydrogen) atoms. The maximum absolute atomic E-state index is 13.3. The molecule has 2 aromatic rings. The number of hydrogen-bond donors (Lipinski definition) is 2. The summed E-state index contributed by atoms with van der Waals surface area (Å²) in [5, 5.41) is -0.530. The third kappa shape index (κ3) is 4.44. The van der Waals surface area contributed by atoms with Crippen LogP contribution >= 0.6 is 0 Å². The zero-order chi connectivity index (χ0) is 20.3. The molecule has 2 saturated heterocycles. The van der Waals surface area contributed by atoms with Crippen LogP contribution in [0.3, 0.4) is 0 Å². The average Bonchev–Trinajstić information content (AvgIpc) is 3.26. The van der Waals surface area contributed by atoms with E-state index in [1.165, 1.54) is 5.56 Å². The molecule has 2 aliphatic heterocycles. The van der Waals surface area contributed by atoms with Crippen molar-refractivity contribution in [2.45, 2.75) is 17.8 Å². The lowest BCUT2D eigenvalue weighted by molar-refractivity contribution is 0.180. The van der Waals surface area contributed by atoms with Gasteiger partial charge >= 0.3 is 0 Å².